The molecule has 0 unspecified atom stereocenters. The van der Waals surface area contributed by atoms with Gasteiger partial charge in [0.2, 0.25) is 0 Å². The van der Waals surface area contributed by atoms with E-state index in [-0.39, 0.29) is 10.9 Å². The predicted octanol–water partition coefficient (Wildman–Crippen LogP) is 3.37. The number of nitrogens with two attached hydrogens (primary N) is 1. The number of anilines is 1. The summed E-state index contributed by atoms with van der Waals surface area (Å²) in [5.74, 6) is -0.782. The van der Waals surface area contributed by atoms with E-state index in [9.17, 15) is 9.18 Å². The molecule has 2 aromatic carbocycles. The molecule has 0 atom stereocenters. The van der Waals surface area contributed by atoms with Crippen LogP contribution in [0, 0.1) is 5.82 Å². The summed E-state index contributed by atoms with van der Waals surface area (Å²) in [6.07, 6.45) is 0. The molecule has 0 saturated heterocycles. The Morgan fingerprint density at radius 1 is 1.15 bits per heavy atom. The summed E-state index contributed by atoms with van der Waals surface area (Å²) in [5.41, 5.74) is 6.87. The van der Waals surface area contributed by atoms with Gasteiger partial charge in [0.1, 0.15) is 10.8 Å². The number of nitrogens with one attached hydrogen (secondary N) is 1. The summed E-state index contributed by atoms with van der Waals surface area (Å²) in [7, 11) is 0. The first-order valence-electron chi connectivity index (χ1n) is 5.63. The number of carbonyl (C=O) groups excluding carboxylic acids is 1. The fourth-order valence-electron chi connectivity index (χ4n) is 1.57. The molecule has 20 heavy (non-hydrogen) atoms. The van der Waals surface area contributed by atoms with Crippen LogP contribution in [0.2, 0.25) is 5.02 Å². The smallest absolute Gasteiger partial charge is 0.255 e. The summed E-state index contributed by atoms with van der Waals surface area (Å²) < 4.78 is 12.8. The molecule has 0 bridgehead atoms. The lowest BCUT2D eigenvalue weighted by Crippen LogP contribution is -2.13. The third-order valence-electron chi connectivity index (χ3n) is 2.61. The summed E-state index contributed by atoms with van der Waals surface area (Å²) in [6.45, 7) is 0. The summed E-state index contributed by atoms with van der Waals surface area (Å²) in [6, 6.07) is 10.1. The van der Waals surface area contributed by atoms with Gasteiger partial charge >= 0.3 is 0 Å². The van der Waals surface area contributed by atoms with Gasteiger partial charge in [0, 0.05) is 11.1 Å². The Hall–Kier alpha value is -1.98. The van der Waals surface area contributed by atoms with E-state index in [4.69, 9.17) is 29.6 Å². The molecule has 6 heteroatoms. The van der Waals surface area contributed by atoms with Crippen LogP contribution >= 0.6 is 23.8 Å². The molecule has 2 rings (SSSR count). The minimum Gasteiger partial charge on any atom is -0.389 e. The van der Waals surface area contributed by atoms with E-state index >= 15 is 0 Å². The molecule has 0 aliphatic rings. The van der Waals surface area contributed by atoms with Crippen LogP contribution in [0.3, 0.4) is 0 Å². The minimum absolute atomic E-state index is 0.225. The predicted molar refractivity (Wildman–Crippen MR) is 81.7 cm³/mol. The lowest BCUT2D eigenvalue weighted by molar-refractivity contribution is 0.102. The van der Waals surface area contributed by atoms with Gasteiger partial charge in [-0.05, 0) is 42.5 Å². The highest BCUT2D eigenvalue weighted by atomic mass is 35.5. The molecule has 3 N–H and O–H groups in total. The number of hydrogen-bond donors (Lipinski definition) is 2. The summed E-state index contributed by atoms with van der Waals surface area (Å²) in [5, 5.41) is 2.96. The Bertz CT molecular complexity index is 673. The van der Waals surface area contributed by atoms with Gasteiger partial charge in [-0.2, -0.15) is 0 Å². The zero-order valence-corrected chi connectivity index (χ0v) is 11.8. The fraction of sp³-hybridized carbons (Fsp3) is 0. The highest BCUT2D eigenvalue weighted by Crippen LogP contribution is 2.23. The second-order valence-electron chi connectivity index (χ2n) is 4.02. The lowest BCUT2D eigenvalue weighted by atomic mass is 10.1. The molecule has 0 radical (unpaired) electrons. The zero-order chi connectivity index (χ0) is 14.7. The first-order valence-corrected chi connectivity index (χ1v) is 6.42. The molecular formula is C14H10ClFN2OS. The van der Waals surface area contributed by atoms with Crippen LogP contribution in [0.1, 0.15) is 15.9 Å². The fourth-order valence-corrected chi connectivity index (χ4v) is 1.92. The van der Waals surface area contributed by atoms with Crippen molar-refractivity contribution in [2.75, 3.05) is 5.32 Å². The first kappa shape index (κ1) is 14.4. The largest absolute Gasteiger partial charge is 0.389 e. The van der Waals surface area contributed by atoms with Crippen molar-refractivity contribution in [1.82, 2.24) is 0 Å². The standard InChI is InChI=1S/C14H10ClFN2OS/c15-11-7-9(13(17)20)3-6-12(11)18-14(19)8-1-4-10(16)5-2-8/h1-7H,(H2,17,20)(H,18,19). The molecule has 102 valence electrons. The van der Waals surface area contributed by atoms with Crippen LogP contribution in [-0.2, 0) is 0 Å². The van der Waals surface area contributed by atoms with Crippen molar-refractivity contribution < 1.29 is 9.18 Å². The van der Waals surface area contributed by atoms with Crippen LogP contribution in [0.25, 0.3) is 0 Å². The second kappa shape index (κ2) is 5.98. The van der Waals surface area contributed by atoms with Crippen molar-refractivity contribution in [2.24, 2.45) is 5.73 Å². The topological polar surface area (TPSA) is 55.1 Å². The van der Waals surface area contributed by atoms with E-state index < -0.39 is 5.82 Å². The van der Waals surface area contributed by atoms with Gasteiger partial charge in [-0.1, -0.05) is 23.8 Å². The van der Waals surface area contributed by atoms with Gasteiger partial charge in [-0.25, -0.2) is 4.39 Å². The molecule has 0 spiro atoms. The van der Waals surface area contributed by atoms with Crippen molar-refractivity contribution in [3.63, 3.8) is 0 Å². The van der Waals surface area contributed by atoms with Crippen molar-refractivity contribution in [1.29, 1.82) is 0 Å². The quantitative estimate of drug-likeness (QED) is 0.855. The van der Waals surface area contributed by atoms with E-state index in [1.54, 1.807) is 18.2 Å². The van der Waals surface area contributed by atoms with Gasteiger partial charge in [0.25, 0.3) is 5.91 Å². The lowest BCUT2D eigenvalue weighted by Gasteiger charge is -2.08. The van der Waals surface area contributed by atoms with E-state index in [2.05, 4.69) is 5.32 Å². The number of carbonyl (C=O) groups is 1. The Morgan fingerprint density at radius 2 is 1.75 bits per heavy atom. The summed E-state index contributed by atoms with van der Waals surface area (Å²) >= 11 is 10.9. The molecule has 0 fully saturated rings. The Labute approximate surface area is 125 Å². The molecule has 0 aromatic heterocycles. The maximum Gasteiger partial charge on any atom is 0.255 e. The zero-order valence-electron chi connectivity index (χ0n) is 10.2. The van der Waals surface area contributed by atoms with Crippen molar-refractivity contribution in [2.45, 2.75) is 0 Å². The highest BCUT2D eigenvalue weighted by Gasteiger charge is 2.09. The number of hydrogen-bond acceptors (Lipinski definition) is 2. The molecule has 2 aromatic rings. The number of thiocarbonyl (C=S) groups is 1. The monoisotopic (exact) mass is 308 g/mol. The molecule has 3 nitrogen and oxygen atoms in total. The maximum absolute atomic E-state index is 12.8. The molecular weight excluding hydrogens is 299 g/mol. The van der Waals surface area contributed by atoms with Crippen molar-refractivity contribution in [3.05, 3.63) is 64.4 Å². The van der Waals surface area contributed by atoms with Crippen LogP contribution in [-0.4, -0.2) is 10.9 Å². The number of halogens is 2. The van der Waals surface area contributed by atoms with Gasteiger partial charge < -0.3 is 11.1 Å². The highest BCUT2D eigenvalue weighted by molar-refractivity contribution is 7.80. The Morgan fingerprint density at radius 3 is 2.30 bits per heavy atom. The second-order valence-corrected chi connectivity index (χ2v) is 4.87. The summed E-state index contributed by atoms with van der Waals surface area (Å²) in [4.78, 5) is 12.2. The number of benzene rings is 2. The van der Waals surface area contributed by atoms with Crippen LogP contribution < -0.4 is 11.1 Å². The molecule has 1 amide bonds. The van der Waals surface area contributed by atoms with Crippen molar-refractivity contribution >= 4 is 40.4 Å². The van der Waals surface area contributed by atoms with E-state index in [0.717, 1.165) is 0 Å². The minimum atomic E-state index is -0.402. The maximum atomic E-state index is 12.8. The third kappa shape index (κ3) is 3.31. The van der Waals surface area contributed by atoms with Crippen molar-refractivity contribution in [3.8, 4) is 0 Å². The third-order valence-corrected chi connectivity index (χ3v) is 3.16. The van der Waals surface area contributed by atoms with E-state index in [1.165, 1.54) is 24.3 Å². The Kier molecular flexibility index (Phi) is 4.32. The van der Waals surface area contributed by atoms with Gasteiger partial charge in [0.15, 0.2) is 0 Å². The number of amides is 1. The van der Waals surface area contributed by atoms with Gasteiger partial charge in [0.05, 0.1) is 10.7 Å². The molecule has 0 saturated carbocycles. The van der Waals surface area contributed by atoms with E-state index in [1.807, 2.05) is 0 Å². The van der Waals surface area contributed by atoms with E-state index in [0.29, 0.717) is 21.8 Å². The van der Waals surface area contributed by atoms with Gasteiger partial charge in [-0.3, -0.25) is 4.79 Å². The average molecular weight is 309 g/mol. The van der Waals surface area contributed by atoms with Crippen LogP contribution in [0.5, 0.6) is 0 Å². The normalized spacial score (nSPS) is 10.1. The molecule has 0 aliphatic heterocycles. The molecule has 0 aliphatic carbocycles. The van der Waals surface area contributed by atoms with Crippen LogP contribution in [0.4, 0.5) is 10.1 Å². The van der Waals surface area contributed by atoms with Crippen LogP contribution in [0.15, 0.2) is 42.5 Å². The first-order chi connectivity index (χ1) is 9.47. The van der Waals surface area contributed by atoms with Gasteiger partial charge in [-0.15, -0.1) is 0 Å². The number of rotatable bonds is 3. The average Bonchev–Trinajstić information content (AvgIpc) is 2.41. The molecule has 0 heterocycles. The Balaban J connectivity index is 2.19. The SMILES string of the molecule is NC(=S)c1ccc(NC(=O)c2ccc(F)cc2)c(Cl)c1.